The van der Waals surface area contributed by atoms with Gasteiger partial charge in [-0.25, -0.2) is 9.59 Å². The Kier molecular flexibility index (Phi) is 6.40. The van der Waals surface area contributed by atoms with Gasteiger partial charge in [-0.15, -0.1) is 0 Å². The van der Waals surface area contributed by atoms with Gasteiger partial charge < -0.3 is 25.3 Å². The fraction of sp³-hybridized carbons (Fsp3) is 0.250. The summed E-state index contributed by atoms with van der Waals surface area (Å²) in [5, 5.41) is 2.77. The smallest absolute Gasteiger partial charge is 0.377 e. The maximum Gasteiger partial charge on any atom is 0.416 e. The standard InChI is InChI=1S/C28H26N2O6/c29-27(15-34-16-27)24-11-5-10-22(23(24)13-19-6-2-1-3-7-19)25(32)36-26(33)30-28(17-35-18-28)21-9-4-8-20(12-21)14-31/h1-12,14H,13,15-18,29H2,(H,30,33). The van der Waals surface area contributed by atoms with Gasteiger partial charge in [-0.3, -0.25) is 4.79 Å². The van der Waals surface area contributed by atoms with E-state index in [-0.39, 0.29) is 18.8 Å². The molecule has 8 heteroatoms. The molecule has 2 saturated heterocycles. The maximum atomic E-state index is 13.2. The number of carbonyl (C=O) groups is 3. The molecule has 184 valence electrons. The van der Waals surface area contributed by atoms with Gasteiger partial charge in [0.25, 0.3) is 0 Å². The number of hydrogen-bond acceptors (Lipinski definition) is 7. The van der Waals surface area contributed by atoms with E-state index in [1.54, 1.807) is 36.4 Å². The van der Waals surface area contributed by atoms with E-state index in [0.29, 0.717) is 36.3 Å². The number of amides is 1. The molecule has 0 atom stereocenters. The van der Waals surface area contributed by atoms with Crippen molar-refractivity contribution in [2.24, 2.45) is 5.73 Å². The molecule has 36 heavy (non-hydrogen) atoms. The van der Waals surface area contributed by atoms with Crippen molar-refractivity contribution in [3.63, 3.8) is 0 Å². The maximum absolute atomic E-state index is 13.2. The molecular weight excluding hydrogens is 460 g/mol. The van der Waals surface area contributed by atoms with E-state index in [2.05, 4.69) is 5.32 Å². The van der Waals surface area contributed by atoms with Crippen molar-refractivity contribution in [1.29, 1.82) is 0 Å². The Morgan fingerprint density at radius 2 is 1.67 bits per heavy atom. The van der Waals surface area contributed by atoms with E-state index >= 15 is 0 Å². The molecule has 8 nitrogen and oxygen atoms in total. The lowest BCUT2D eigenvalue weighted by molar-refractivity contribution is -0.0749. The van der Waals surface area contributed by atoms with Gasteiger partial charge in [0.05, 0.1) is 37.5 Å². The number of ether oxygens (including phenoxy) is 3. The van der Waals surface area contributed by atoms with Crippen LogP contribution in [-0.4, -0.2) is 44.8 Å². The highest BCUT2D eigenvalue weighted by Gasteiger charge is 2.43. The number of esters is 1. The van der Waals surface area contributed by atoms with Crippen LogP contribution in [0.4, 0.5) is 4.79 Å². The van der Waals surface area contributed by atoms with Crippen LogP contribution in [0.15, 0.2) is 72.8 Å². The van der Waals surface area contributed by atoms with Crippen LogP contribution in [0.5, 0.6) is 0 Å². The van der Waals surface area contributed by atoms with Crippen molar-refractivity contribution in [3.8, 4) is 0 Å². The first-order valence-electron chi connectivity index (χ1n) is 11.6. The Morgan fingerprint density at radius 1 is 0.944 bits per heavy atom. The summed E-state index contributed by atoms with van der Waals surface area (Å²) in [5.41, 5.74) is 8.89. The van der Waals surface area contributed by atoms with Crippen molar-refractivity contribution >= 4 is 18.3 Å². The fourth-order valence-corrected chi connectivity index (χ4v) is 4.60. The number of carbonyl (C=O) groups excluding carboxylic acids is 3. The van der Waals surface area contributed by atoms with Gasteiger partial charge >= 0.3 is 12.1 Å². The molecule has 2 heterocycles. The van der Waals surface area contributed by atoms with Crippen molar-refractivity contribution < 1.29 is 28.6 Å². The molecular formula is C28H26N2O6. The zero-order chi connectivity index (χ0) is 25.2. The van der Waals surface area contributed by atoms with Gasteiger partial charge in [0.1, 0.15) is 11.8 Å². The second kappa shape index (κ2) is 9.66. The van der Waals surface area contributed by atoms with Crippen molar-refractivity contribution in [2.75, 3.05) is 26.4 Å². The lowest BCUT2D eigenvalue weighted by Crippen LogP contribution is -2.59. The van der Waals surface area contributed by atoms with E-state index in [1.807, 2.05) is 36.4 Å². The molecule has 2 aliphatic rings. The molecule has 0 saturated carbocycles. The monoisotopic (exact) mass is 486 g/mol. The quantitative estimate of drug-likeness (QED) is 0.299. The SMILES string of the molecule is NC1(c2cccc(C(=O)OC(=O)NC3(c4cccc(C=O)c4)COC3)c2Cc2ccccc2)COC1. The topological polar surface area (TPSA) is 117 Å². The number of hydrogen-bond donors (Lipinski definition) is 2. The van der Waals surface area contributed by atoms with Crippen molar-refractivity contribution in [2.45, 2.75) is 17.5 Å². The summed E-state index contributed by atoms with van der Waals surface area (Å²) in [5.74, 6) is -0.777. The van der Waals surface area contributed by atoms with Gasteiger partial charge in [-0.1, -0.05) is 60.7 Å². The number of nitrogens with one attached hydrogen (secondary N) is 1. The molecule has 5 rings (SSSR count). The summed E-state index contributed by atoms with van der Waals surface area (Å²) >= 11 is 0. The first kappa shape index (κ1) is 23.9. The van der Waals surface area contributed by atoms with Crippen LogP contribution in [0.2, 0.25) is 0 Å². The molecule has 2 aliphatic heterocycles. The van der Waals surface area contributed by atoms with Crippen molar-refractivity contribution in [1.82, 2.24) is 5.32 Å². The molecule has 0 aromatic heterocycles. The molecule has 3 aromatic carbocycles. The fourth-order valence-electron chi connectivity index (χ4n) is 4.60. The van der Waals surface area contributed by atoms with E-state index in [1.165, 1.54) is 0 Å². The summed E-state index contributed by atoms with van der Waals surface area (Å²) < 4.78 is 16.0. The van der Waals surface area contributed by atoms with Gasteiger partial charge in [-0.05, 0) is 40.8 Å². The Morgan fingerprint density at radius 3 is 2.31 bits per heavy atom. The first-order chi connectivity index (χ1) is 17.4. The molecule has 2 fully saturated rings. The highest BCUT2D eigenvalue weighted by molar-refractivity contribution is 5.98. The molecule has 0 radical (unpaired) electrons. The number of nitrogens with two attached hydrogens (primary N) is 1. The summed E-state index contributed by atoms with van der Waals surface area (Å²) in [6.45, 7) is 1.08. The van der Waals surface area contributed by atoms with Crippen LogP contribution in [0, 0.1) is 0 Å². The molecule has 0 bridgehead atoms. The third-order valence-electron chi connectivity index (χ3n) is 6.67. The highest BCUT2D eigenvalue weighted by Crippen LogP contribution is 2.33. The molecule has 3 N–H and O–H groups in total. The second-order valence-corrected chi connectivity index (χ2v) is 9.26. The van der Waals surface area contributed by atoms with E-state index in [0.717, 1.165) is 17.4 Å². The van der Waals surface area contributed by atoms with E-state index < -0.39 is 23.1 Å². The predicted octanol–water partition coefficient (Wildman–Crippen LogP) is 3.07. The van der Waals surface area contributed by atoms with Gasteiger partial charge in [0.15, 0.2) is 0 Å². The van der Waals surface area contributed by atoms with Crippen LogP contribution < -0.4 is 11.1 Å². The minimum absolute atomic E-state index is 0.197. The van der Waals surface area contributed by atoms with Crippen molar-refractivity contribution in [3.05, 3.63) is 106 Å². The lowest BCUT2D eigenvalue weighted by atomic mass is 9.82. The number of aldehydes is 1. The van der Waals surface area contributed by atoms with Gasteiger partial charge in [0.2, 0.25) is 0 Å². The summed E-state index contributed by atoms with van der Waals surface area (Å²) in [6, 6.07) is 21.8. The third kappa shape index (κ3) is 4.54. The Labute approximate surface area is 208 Å². The Bertz CT molecular complexity index is 1300. The van der Waals surface area contributed by atoms with Crippen LogP contribution in [0.3, 0.4) is 0 Å². The summed E-state index contributed by atoms with van der Waals surface area (Å²) in [6.07, 6.45) is 0.278. The first-order valence-corrected chi connectivity index (χ1v) is 11.6. The van der Waals surface area contributed by atoms with E-state index in [4.69, 9.17) is 19.9 Å². The predicted molar refractivity (Wildman–Crippen MR) is 131 cm³/mol. The normalized spacial score (nSPS) is 17.2. The third-order valence-corrected chi connectivity index (χ3v) is 6.67. The Balaban J connectivity index is 1.39. The van der Waals surface area contributed by atoms with Crippen LogP contribution >= 0.6 is 0 Å². The summed E-state index contributed by atoms with van der Waals surface area (Å²) in [4.78, 5) is 37.3. The minimum atomic E-state index is -0.898. The average molecular weight is 487 g/mol. The molecule has 0 spiro atoms. The van der Waals surface area contributed by atoms with E-state index in [9.17, 15) is 14.4 Å². The molecule has 0 aliphatic carbocycles. The van der Waals surface area contributed by atoms with Crippen LogP contribution in [-0.2, 0) is 31.7 Å². The molecule has 0 unspecified atom stereocenters. The number of benzene rings is 3. The van der Waals surface area contributed by atoms with Gasteiger partial charge in [-0.2, -0.15) is 0 Å². The second-order valence-electron chi connectivity index (χ2n) is 9.26. The zero-order valence-electron chi connectivity index (χ0n) is 19.6. The minimum Gasteiger partial charge on any atom is -0.377 e. The lowest BCUT2D eigenvalue weighted by Gasteiger charge is -2.42. The zero-order valence-corrected chi connectivity index (χ0v) is 19.6. The number of alkyl carbamates (subject to hydrolysis) is 1. The molecule has 3 aromatic rings. The Hall–Kier alpha value is -3.85. The van der Waals surface area contributed by atoms with Gasteiger partial charge in [0, 0.05) is 5.56 Å². The number of rotatable bonds is 7. The van der Waals surface area contributed by atoms with Crippen LogP contribution in [0.1, 0.15) is 43.0 Å². The average Bonchev–Trinajstić information content (AvgIpc) is 2.85. The van der Waals surface area contributed by atoms with Crippen LogP contribution in [0.25, 0.3) is 0 Å². The summed E-state index contributed by atoms with van der Waals surface area (Å²) in [7, 11) is 0. The highest BCUT2D eigenvalue weighted by atomic mass is 16.6. The largest absolute Gasteiger partial charge is 0.416 e. The molecule has 1 amide bonds.